The number of carbonyl (C=O) groups is 2. The molecule has 1 aromatic rings. The van der Waals surface area contributed by atoms with Gasteiger partial charge in [-0.3, -0.25) is 0 Å². The number of aliphatic hydroxyl groups excluding tert-OH is 1. The van der Waals surface area contributed by atoms with Crippen molar-refractivity contribution in [3.8, 4) is 0 Å². The van der Waals surface area contributed by atoms with Crippen LogP contribution in [0, 0.1) is 0 Å². The summed E-state index contributed by atoms with van der Waals surface area (Å²) in [5, 5.41) is 17.6. The van der Waals surface area contributed by atoms with Crippen LogP contribution in [-0.4, -0.2) is 30.3 Å². The van der Waals surface area contributed by atoms with E-state index in [1.165, 1.54) is 0 Å². The molecule has 1 N–H and O–H groups in total. The molecule has 0 bridgehead atoms. The van der Waals surface area contributed by atoms with Gasteiger partial charge >= 0.3 is 11.9 Å². The zero-order chi connectivity index (χ0) is 17.9. The van der Waals surface area contributed by atoms with Crippen LogP contribution in [-0.2, 0) is 14.3 Å². The molecule has 0 amide bonds. The molecule has 0 unspecified atom stereocenters. The maximum Gasteiger partial charge on any atom is 0.362 e. The summed E-state index contributed by atoms with van der Waals surface area (Å²) in [6, 6.07) is 6.22. The molecule has 0 aliphatic carbocycles. The molecule has 0 spiro atoms. The standard InChI is InChI=1S/C17H22N2O5/c1-4-7-14(20)15(17(22)24-6-3)19-18-13-10-8-12(9-11-13)16(21)23-5-2/h8-11,20H,4-7H2,1-3H3/b15-14-,19-18?. The summed E-state index contributed by atoms with van der Waals surface area (Å²) in [6.07, 6.45) is 0.952. The molecule has 7 nitrogen and oxygen atoms in total. The summed E-state index contributed by atoms with van der Waals surface area (Å²) in [4.78, 5) is 23.4. The molecule has 0 saturated carbocycles. The number of azo groups is 1. The smallest absolute Gasteiger partial charge is 0.362 e. The Kier molecular flexibility index (Phi) is 8.18. The molecular formula is C17H22N2O5. The molecule has 24 heavy (non-hydrogen) atoms. The van der Waals surface area contributed by atoms with E-state index in [0.29, 0.717) is 30.7 Å². The third-order valence-electron chi connectivity index (χ3n) is 2.87. The van der Waals surface area contributed by atoms with Crippen LogP contribution < -0.4 is 0 Å². The lowest BCUT2D eigenvalue weighted by atomic mass is 10.2. The van der Waals surface area contributed by atoms with Crippen LogP contribution in [0.15, 0.2) is 46.0 Å². The minimum atomic E-state index is -0.727. The first-order valence-electron chi connectivity index (χ1n) is 7.81. The van der Waals surface area contributed by atoms with Crippen LogP contribution in [0.1, 0.15) is 44.0 Å². The van der Waals surface area contributed by atoms with E-state index >= 15 is 0 Å². The number of hydrogen-bond donors (Lipinski definition) is 1. The quantitative estimate of drug-likeness (QED) is 0.334. The highest BCUT2D eigenvalue weighted by atomic mass is 16.5. The van der Waals surface area contributed by atoms with Gasteiger partial charge in [-0.25, -0.2) is 9.59 Å². The van der Waals surface area contributed by atoms with Crippen LogP contribution in [0.3, 0.4) is 0 Å². The maximum atomic E-state index is 11.8. The molecule has 7 heteroatoms. The van der Waals surface area contributed by atoms with E-state index in [0.717, 1.165) is 0 Å². The van der Waals surface area contributed by atoms with Crippen molar-refractivity contribution in [3.05, 3.63) is 41.3 Å². The van der Waals surface area contributed by atoms with E-state index < -0.39 is 11.9 Å². The summed E-state index contributed by atoms with van der Waals surface area (Å²) in [6.45, 7) is 5.73. The molecule has 0 heterocycles. The van der Waals surface area contributed by atoms with Crippen molar-refractivity contribution in [2.24, 2.45) is 10.2 Å². The summed E-state index contributed by atoms with van der Waals surface area (Å²) in [5.41, 5.74) is 0.605. The Morgan fingerprint density at radius 1 is 1.04 bits per heavy atom. The molecule has 130 valence electrons. The SMILES string of the molecule is CCC/C(O)=C(/N=Nc1ccc(C(=O)OCC)cc1)C(=O)OCC. The fourth-order valence-corrected chi connectivity index (χ4v) is 1.76. The highest BCUT2D eigenvalue weighted by Crippen LogP contribution is 2.18. The fraction of sp³-hybridized carbons (Fsp3) is 0.412. The number of allylic oxidation sites excluding steroid dienone is 1. The molecule has 0 fully saturated rings. The maximum absolute atomic E-state index is 11.8. The number of nitrogens with zero attached hydrogens (tertiary/aromatic N) is 2. The third-order valence-corrected chi connectivity index (χ3v) is 2.87. The van der Waals surface area contributed by atoms with E-state index in [1.54, 1.807) is 38.1 Å². The Morgan fingerprint density at radius 2 is 1.67 bits per heavy atom. The first-order chi connectivity index (χ1) is 11.5. The van der Waals surface area contributed by atoms with Crippen LogP contribution >= 0.6 is 0 Å². The summed E-state index contributed by atoms with van der Waals surface area (Å²) < 4.78 is 9.75. The van der Waals surface area contributed by atoms with Gasteiger partial charge in [0.15, 0.2) is 0 Å². The number of rotatable bonds is 8. The predicted molar refractivity (Wildman–Crippen MR) is 88.1 cm³/mol. The monoisotopic (exact) mass is 334 g/mol. The zero-order valence-electron chi connectivity index (χ0n) is 14.1. The Labute approximate surface area is 141 Å². The topological polar surface area (TPSA) is 97.5 Å². The van der Waals surface area contributed by atoms with Crippen molar-refractivity contribution in [1.29, 1.82) is 0 Å². The normalized spacial score (nSPS) is 12.0. The Bertz CT molecular complexity index is 620. The van der Waals surface area contributed by atoms with Crippen LogP contribution in [0.2, 0.25) is 0 Å². The number of benzene rings is 1. The van der Waals surface area contributed by atoms with E-state index in [-0.39, 0.29) is 18.1 Å². The van der Waals surface area contributed by atoms with E-state index in [2.05, 4.69) is 10.2 Å². The minimum Gasteiger partial charge on any atom is -0.510 e. The number of aliphatic hydroxyl groups is 1. The molecule has 1 rings (SSSR count). The van der Waals surface area contributed by atoms with Gasteiger partial charge < -0.3 is 14.6 Å². The summed E-state index contributed by atoms with van der Waals surface area (Å²) in [5.74, 6) is -1.31. The molecule has 0 aromatic heterocycles. The van der Waals surface area contributed by atoms with Crippen LogP contribution in [0.4, 0.5) is 5.69 Å². The molecule has 0 atom stereocenters. The van der Waals surface area contributed by atoms with Gasteiger partial charge in [-0.05, 0) is 44.5 Å². The van der Waals surface area contributed by atoms with E-state index in [9.17, 15) is 14.7 Å². The average Bonchev–Trinajstić information content (AvgIpc) is 2.56. The Balaban J connectivity index is 2.95. The van der Waals surface area contributed by atoms with Crippen LogP contribution in [0.5, 0.6) is 0 Å². The highest BCUT2D eigenvalue weighted by Gasteiger charge is 2.16. The number of ether oxygens (including phenoxy) is 2. The van der Waals surface area contributed by atoms with Crippen molar-refractivity contribution in [2.75, 3.05) is 13.2 Å². The van der Waals surface area contributed by atoms with Gasteiger partial charge in [0.2, 0.25) is 5.70 Å². The molecular weight excluding hydrogens is 312 g/mol. The largest absolute Gasteiger partial charge is 0.510 e. The van der Waals surface area contributed by atoms with Gasteiger partial charge in [0.25, 0.3) is 0 Å². The second-order valence-electron chi connectivity index (χ2n) is 4.73. The lowest BCUT2D eigenvalue weighted by molar-refractivity contribution is -0.138. The van der Waals surface area contributed by atoms with Gasteiger partial charge in [0, 0.05) is 6.42 Å². The molecule has 0 saturated heterocycles. The van der Waals surface area contributed by atoms with Crippen LogP contribution in [0.25, 0.3) is 0 Å². The summed E-state index contributed by atoms with van der Waals surface area (Å²) in [7, 11) is 0. The van der Waals surface area contributed by atoms with Gasteiger partial charge in [0.1, 0.15) is 5.76 Å². The zero-order valence-corrected chi connectivity index (χ0v) is 14.1. The van der Waals surface area contributed by atoms with Gasteiger partial charge in [0.05, 0.1) is 24.5 Å². The van der Waals surface area contributed by atoms with Gasteiger partial charge in [-0.2, -0.15) is 5.11 Å². The van der Waals surface area contributed by atoms with Gasteiger partial charge in [-0.1, -0.05) is 6.92 Å². The minimum absolute atomic E-state index is 0.164. The highest BCUT2D eigenvalue weighted by molar-refractivity contribution is 5.90. The van der Waals surface area contributed by atoms with Crippen molar-refractivity contribution in [2.45, 2.75) is 33.6 Å². The first kappa shape index (κ1) is 19.3. The Hall–Kier alpha value is -2.70. The van der Waals surface area contributed by atoms with Gasteiger partial charge in [-0.15, -0.1) is 5.11 Å². The molecule has 1 aromatic carbocycles. The Morgan fingerprint density at radius 3 is 2.21 bits per heavy atom. The summed E-state index contributed by atoms with van der Waals surface area (Å²) >= 11 is 0. The lowest BCUT2D eigenvalue weighted by Crippen LogP contribution is -2.08. The first-order valence-corrected chi connectivity index (χ1v) is 7.81. The number of hydrogen-bond acceptors (Lipinski definition) is 7. The number of carbonyl (C=O) groups excluding carboxylic acids is 2. The third kappa shape index (κ3) is 5.83. The van der Waals surface area contributed by atoms with E-state index in [4.69, 9.17) is 9.47 Å². The average molecular weight is 334 g/mol. The molecule has 0 radical (unpaired) electrons. The fourth-order valence-electron chi connectivity index (χ4n) is 1.76. The predicted octanol–water partition coefficient (Wildman–Crippen LogP) is 4.08. The molecule has 0 aliphatic heterocycles. The molecule has 0 aliphatic rings. The van der Waals surface area contributed by atoms with E-state index in [1.807, 2.05) is 6.92 Å². The lowest BCUT2D eigenvalue weighted by Gasteiger charge is -2.04. The van der Waals surface area contributed by atoms with Crippen molar-refractivity contribution in [1.82, 2.24) is 0 Å². The van der Waals surface area contributed by atoms with Crippen molar-refractivity contribution >= 4 is 17.6 Å². The van der Waals surface area contributed by atoms with Crippen molar-refractivity contribution < 1.29 is 24.2 Å². The van der Waals surface area contributed by atoms with Crippen molar-refractivity contribution in [3.63, 3.8) is 0 Å². The number of esters is 2. The second-order valence-corrected chi connectivity index (χ2v) is 4.73. The second kappa shape index (κ2) is 10.1.